The molecule has 39 nitrogen and oxygen atoms in total. The van der Waals surface area contributed by atoms with Gasteiger partial charge in [-0.2, -0.15) is 29.6 Å². The highest BCUT2D eigenvalue weighted by atomic mass is 35.5. The van der Waals surface area contributed by atoms with Crippen molar-refractivity contribution in [3.63, 3.8) is 0 Å². The summed E-state index contributed by atoms with van der Waals surface area (Å²) >= 11 is 6.27. The zero-order chi connectivity index (χ0) is 101. The Kier molecular flexibility index (Phi) is 31.3. The zero-order valence-corrected chi connectivity index (χ0v) is 86.1. The number of sulfonamides is 3. The number of nitrogens with one attached hydrogen (secondary N) is 5. The molecule has 15 heterocycles. The van der Waals surface area contributed by atoms with E-state index in [9.17, 15) is 53.6 Å². The molecular weight excluding hydrogens is 1910 g/mol. The van der Waals surface area contributed by atoms with Crippen LogP contribution in [-0.4, -0.2) is 268 Å². The second-order valence-corrected chi connectivity index (χ2v) is 45.3. The number of benzene rings is 3. The molecule has 7 N–H and O–H groups in total. The molecule has 5 amide bonds. The van der Waals surface area contributed by atoms with Crippen molar-refractivity contribution in [3.05, 3.63) is 188 Å². The highest BCUT2D eigenvalue weighted by Crippen LogP contribution is 2.43. The minimum Gasteiger partial charge on any atom is -0.453 e. The number of nitrogens with zero attached hydrogens (tertiary/aromatic N) is 20. The average Bonchev–Trinajstić information content (AvgIpc) is 1.65. The fourth-order valence-corrected chi connectivity index (χ4v) is 23.2. The summed E-state index contributed by atoms with van der Waals surface area (Å²) in [4.78, 5) is 105. The first-order valence-electron chi connectivity index (χ1n) is 49.6. The predicted molar refractivity (Wildman–Crippen MR) is 543 cm³/mol. The molecule has 3 aromatic carbocycles. The molecule has 20 rings (SSSR count). The van der Waals surface area contributed by atoms with E-state index in [0.29, 0.717) is 97.1 Å². The van der Waals surface area contributed by atoms with Gasteiger partial charge in [-0.25, -0.2) is 72.9 Å². The van der Waals surface area contributed by atoms with E-state index in [4.69, 9.17) is 57.1 Å². The van der Waals surface area contributed by atoms with Crippen molar-refractivity contribution >= 4 is 123 Å². The van der Waals surface area contributed by atoms with E-state index in [0.717, 1.165) is 248 Å². The summed E-state index contributed by atoms with van der Waals surface area (Å²) in [6.07, 6.45) is 24.1. The zero-order valence-electron chi connectivity index (χ0n) is 82.9. The SMILES string of the molecule is CN[C@@H]1CCC(c2cc(N3CCOCC3)n3nc([C@@H]4CCCCN4C(=O)c4cc(Cl)ccc4NS(C)(=O)=O)cc3n2)C1.COC(=O)N[C@H](C(=O)N1CCCC[C@H]1c1cc2nc(N3CCC(N)C3)c(C)cn2n1)C1CC1.Cc1ccc(NS(C)(=O)=O)c(C(=O)N2CCCC[C@H]2c2cc3nc(C)nc(C)n3n2)c1.Cc1cn2nc([C@@H]3CCCCN3C(=O)C(NS(C)(=O)=O)c3ccccc3F)cc2nc1N1CC[C@H](C)C1. The fraction of sp³-hybridized carbons (Fsp3) is 0.535. The summed E-state index contributed by atoms with van der Waals surface area (Å²) < 4.78 is 112. The van der Waals surface area contributed by atoms with Gasteiger partial charge in [0, 0.05) is 154 Å². The first-order chi connectivity index (χ1) is 68.4. The second kappa shape index (κ2) is 43.6. The summed E-state index contributed by atoms with van der Waals surface area (Å²) in [5, 5.41) is 25.9. The number of morpholine rings is 1. The van der Waals surface area contributed by atoms with Crippen molar-refractivity contribution in [2.45, 2.75) is 218 Å². The van der Waals surface area contributed by atoms with Crippen molar-refractivity contribution < 1.29 is 63.1 Å². The standard InChI is InChI=1S/C29H38ClN7O4S.C26H33FN6O3S.C23H33N7O3.C21H26N6O3S/c1-31-21-8-6-19(15-21)24-18-28(35-11-13-41-14-12-35)37-27(32-24)17-25(33-37)26-5-3-4-10-36(26)29(38)22-16-20(30)7-9-23(22)34-42(2,39)40;1-17-11-13-31(15-17)25-18(2)16-33-23(28-25)14-21(29-33)22-10-6-7-12-32(22)26(34)24(30-37(3,35)36)19-8-4-5-9-20(19)27;1-14-12-30-19(25-21(14)28-10-8-16(24)13-28)11-17(27-30)18-5-3-4-9-29(18)22(31)20(15-6-7-15)26-23(32)33-2;1-13-8-9-17(25-31(4,29)30)16(11-13)21(28)26-10-6-5-7-19(26)18-12-20-23-14(2)22-15(3)27(20)24-18/h7,9,16-19,21,26,31,34H,3-6,8,10-15H2,1-2H3;4-5,8-9,14,16-17,22,24,30H,6-7,10-13,15H2,1-3H3;11-12,15-16,18,20H,3-10,13,24H2,1-2H3,(H,26,32);8-9,11-12,19,25H,5-7,10H2,1-4H3/t19?,21-,26+;17-,22-,24?;16?,18-,20-;19-/m1000/s1. The number of alkyl carbamates (subject to hydrolysis) is 1. The summed E-state index contributed by atoms with van der Waals surface area (Å²) in [5.41, 5.74) is 17.2. The van der Waals surface area contributed by atoms with E-state index in [1.54, 1.807) is 54.1 Å². The lowest BCUT2D eigenvalue weighted by Gasteiger charge is -2.37. The Labute approximate surface area is 837 Å². The Bertz CT molecular complexity index is 6940. The minimum absolute atomic E-state index is 0.000903. The van der Waals surface area contributed by atoms with Gasteiger partial charge in [0.05, 0.1) is 109 Å². The maximum Gasteiger partial charge on any atom is 0.407 e. The minimum atomic E-state index is -3.79. The molecule has 3 unspecified atom stereocenters. The van der Waals surface area contributed by atoms with Crippen molar-refractivity contribution in [1.29, 1.82) is 0 Å². The number of hydrogen-bond acceptors (Lipinski definition) is 27. The molecule has 0 spiro atoms. The van der Waals surface area contributed by atoms with E-state index in [-0.39, 0.29) is 76.4 Å². The van der Waals surface area contributed by atoms with Crippen LogP contribution in [0.15, 0.2) is 103 Å². The molecule has 10 atom stereocenters. The molecule has 143 heavy (non-hydrogen) atoms. The number of fused-ring (bicyclic) bond motifs is 4. The van der Waals surface area contributed by atoms with E-state index in [1.807, 2.05) is 92.3 Å². The number of likely N-dealkylation sites (tertiary alicyclic amines) is 4. The molecule has 8 aromatic heterocycles. The van der Waals surface area contributed by atoms with E-state index < -0.39 is 60.0 Å². The Hall–Kier alpha value is -11.9. The Morgan fingerprint density at radius 1 is 0.517 bits per heavy atom. The molecule has 7 saturated heterocycles. The summed E-state index contributed by atoms with van der Waals surface area (Å²) in [6, 6.07) is 23.3. The number of carbonyl (C=O) groups is 5. The molecule has 766 valence electrons. The number of nitrogens with two attached hydrogens (primary N) is 1. The number of amides is 5. The third-order valence-corrected chi connectivity index (χ3v) is 30.5. The number of aromatic nitrogens is 13. The molecule has 9 aliphatic rings. The van der Waals surface area contributed by atoms with E-state index >= 15 is 0 Å². The normalized spacial score (nSPS) is 21.8. The second-order valence-electron chi connectivity index (χ2n) is 39.6. The molecular formula is C99H130ClFN26O13S3. The Balaban J connectivity index is 0.000000132. The van der Waals surface area contributed by atoms with Crippen LogP contribution in [0.1, 0.15) is 248 Å². The molecule has 0 bridgehead atoms. The molecule has 11 aromatic rings. The topological polar surface area (TPSA) is 449 Å². The predicted octanol–water partition coefficient (Wildman–Crippen LogP) is 11.7. The highest BCUT2D eigenvalue weighted by molar-refractivity contribution is 7.92. The number of hydrogen-bond donors (Lipinski definition) is 6. The number of piperidine rings is 4. The number of halogens is 2. The lowest BCUT2D eigenvalue weighted by Crippen LogP contribution is -2.52. The van der Waals surface area contributed by atoms with Gasteiger partial charge in [-0.15, -0.1) is 0 Å². The van der Waals surface area contributed by atoms with Crippen LogP contribution in [0, 0.1) is 52.3 Å². The summed E-state index contributed by atoms with van der Waals surface area (Å²) in [6.45, 7) is 20.6. The largest absolute Gasteiger partial charge is 0.453 e. The van der Waals surface area contributed by atoms with Gasteiger partial charge >= 0.3 is 6.09 Å². The Morgan fingerprint density at radius 3 is 1.56 bits per heavy atom. The van der Waals surface area contributed by atoms with Crippen LogP contribution in [0.5, 0.6) is 0 Å². The van der Waals surface area contributed by atoms with Gasteiger partial charge in [0.15, 0.2) is 22.6 Å². The molecule has 9 fully saturated rings. The van der Waals surface area contributed by atoms with Crippen molar-refractivity contribution in [1.82, 2.24) is 98.3 Å². The molecule has 2 aliphatic carbocycles. The van der Waals surface area contributed by atoms with Gasteiger partial charge in [0.1, 0.15) is 47.0 Å². The molecule has 7 aliphatic heterocycles. The number of methoxy groups -OCH3 is 1. The van der Waals surface area contributed by atoms with Crippen molar-refractivity contribution in [3.8, 4) is 0 Å². The van der Waals surface area contributed by atoms with Crippen LogP contribution in [0.4, 0.5) is 38.0 Å². The number of rotatable bonds is 22. The van der Waals surface area contributed by atoms with Gasteiger partial charge < -0.3 is 60.1 Å². The molecule has 2 saturated carbocycles. The van der Waals surface area contributed by atoms with Crippen LogP contribution in [0.25, 0.3) is 22.6 Å². The lowest BCUT2D eigenvalue weighted by molar-refractivity contribution is -0.138. The van der Waals surface area contributed by atoms with Gasteiger partial charge in [-0.05, 0) is 212 Å². The van der Waals surface area contributed by atoms with Crippen LogP contribution in [0.2, 0.25) is 5.02 Å². The number of carbonyl (C=O) groups excluding carboxylic acids is 5. The average molecular weight is 2040 g/mol. The summed E-state index contributed by atoms with van der Waals surface area (Å²) in [7, 11) is -7.57. The lowest BCUT2D eigenvalue weighted by atomic mass is 9.97. The third kappa shape index (κ3) is 24.0. The van der Waals surface area contributed by atoms with Crippen molar-refractivity contribution in [2.24, 2.45) is 17.6 Å². The van der Waals surface area contributed by atoms with Gasteiger partial charge in [0.2, 0.25) is 41.9 Å². The van der Waals surface area contributed by atoms with Crippen LogP contribution >= 0.6 is 11.6 Å². The number of aryl methyl sites for hydroxylation is 5. The van der Waals surface area contributed by atoms with Crippen LogP contribution in [-0.2, 0) is 49.1 Å². The first kappa shape index (κ1) is 103. The monoisotopic (exact) mass is 2040 g/mol. The van der Waals surface area contributed by atoms with Crippen molar-refractivity contribution in [2.75, 3.05) is 136 Å². The quantitative estimate of drug-likeness (QED) is 0.0367. The maximum atomic E-state index is 14.7. The third-order valence-electron chi connectivity index (χ3n) is 28.4. The Morgan fingerprint density at radius 2 is 1.03 bits per heavy atom. The van der Waals surface area contributed by atoms with Gasteiger partial charge in [-0.3, -0.25) is 28.6 Å². The van der Waals surface area contributed by atoms with E-state index in [2.05, 4.69) is 67.6 Å². The fourth-order valence-electron chi connectivity index (χ4n) is 21.2. The first-order valence-corrected chi connectivity index (χ1v) is 55.7. The smallest absolute Gasteiger partial charge is 0.407 e. The molecule has 0 radical (unpaired) electrons. The van der Waals surface area contributed by atoms with E-state index in [1.165, 1.54) is 37.4 Å². The van der Waals surface area contributed by atoms with Gasteiger partial charge in [-0.1, -0.05) is 48.4 Å². The number of anilines is 5. The van der Waals surface area contributed by atoms with Crippen LogP contribution in [0.3, 0.4) is 0 Å². The highest BCUT2D eigenvalue weighted by Gasteiger charge is 2.45. The van der Waals surface area contributed by atoms with Gasteiger partial charge in [0.25, 0.3) is 11.8 Å². The van der Waals surface area contributed by atoms with Crippen LogP contribution < -0.4 is 45.2 Å². The maximum absolute atomic E-state index is 14.7. The summed E-state index contributed by atoms with van der Waals surface area (Å²) in [5.74, 6) is 3.84. The number of ether oxygens (including phenoxy) is 2. The molecule has 44 heteroatoms.